The fourth-order valence-corrected chi connectivity index (χ4v) is 4.17. The molecule has 0 saturated heterocycles. The molecule has 0 saturated carbocycles. The molecule has 0 bridgehead atoms. The molecule has 1 aliphatic rings. The minimum Gasteiger partial charge on any atom is -0.369 e. The third kappa shape index (κ3) is 2.35. The lowest BCUT2D eigenvalue weighted by Crippen LogP contribution is -2.31. The molecule has 1 rings (SSSR count). The molecule has 0 heterocycles. The van der Waals surface area contributed by atoms with Crippen LogP contribution in [0.5, 0.6) is 0 Å². The maximum Gasteiger partial charge on any atom is 0.220 e. The van der Waals surface area contributed by atoms with Crippen molar-refractivity contribution in [3.05, 3.63) is 23.8 Å². The van der Waals surface area contributed by atoms with Crippen LogP contribution in [0.3, 0.4) is 0 Å². The number of primary amides is 1. The van der Waals surface area contributed by atoms with Gasteiger partial charge in [0.1, 0.15) is 0 Å². The molecule has 77 valence electrons. The largest absolute Gasteiger partial charge is 0.369 e. The van der Waals surface area contributed by atoms with E-state index in [1.165, 1.54) is 5.57 Å². The van der Waals surface area contributed by atoms with Crippen LogP contribution in [0.25, 0.3) is 0 Å². The molecule has 2 unspecified atom stereocenters. The van der Waals surface area contributed by atoms with Crippen molar-refractivity contribution in [2.24, 2.45) is 11.7 Å². The topological polar surface area (TPSA) is 43.1 Å². The Morgan fingerprint density at radius 3 is 2.57 bits per heavy atom. The van der Waals surface area contributed by atoms with Gasteiger partial charge < -0.3 is 5.73 Å². The Kier molecular flexibility index (Phi) is 3.69. The summed E-state index contributed by atoms with van der Waals surface area (Å²) >= 11 is 0. The van der Waals surface area contributed by atoms with E-state index in [-0.39, 0.29) is 11.8 Å². The molecule has 0 fully saturated rings. The summed E-state index contributed by atoms with van der Waals surface area (Å²) in [5, 5.41) is 0. The van der Waals surface area contributed by atoms with Crippen molar-refractivity contribution in [2.75, 3.05) is 0 Å². The van der Waals surface area contributed by atoms with Crippen molar-refractivity contribution < 1.29 is 4.79 Å². The highest BCUT2D eigenvalue weighted by atomic mass is 28.3. The van der Waals surface area contributed by atoms with Crippen LogP contribution in [-0.4, -0.2) is 14.7 Å². The summed E-state index contributed by atoms with van der Waals surface area (Å²) in [4.78, 5) is 11.2. The number of nitrogens with two attached hydrogens (primary N) is 1. The summed E-state index contributed by atoms with van der Waals surface area (Å²) < 4.78 is 0. The SMILES string of the molecule is CC(C(N)=O)C(C1=CC=CC1)[Si](C)C. The first-order valence-electron chi connectivity index (χ1n) is 4.99. The molecule has 3 heteroatoms. The van der Waals surface area contributed by atoms with Gasteiger partial charge in [0.05, 0.1) is 8.80 Å². The number of carbonyl (C=O) groups excluding carboxylic acids is 1. The zero-order chi connectivity index (χ0) is 10.7. The Labute approximate surface area is 87.5 Å². The number of rotatable bonds is 4. The van der Waals surface area contributed by atoms with Crippen LogP contribution in [0.15, 0.2) is 23.8 Å². The van der Waals surface area contributed by atoms with Crippen LogP contribution in [0.2, 0.25) is 18.6 Å². The summed E-state index contributed by atoms with van der Waals surface area (Å²) in [6.45, 7) is 6.44. The van der Waals surface area contributed by atoms with Gasteiger partial charge in [0.15, 0.2) is 0 Å². The first-order chi connectivity index (χ1) is 6.54. The average molecular weight is 208 g/mol. The third-order valence-corrected chi connectivity index (χ3v) is 4.89. The number of amides is 1. The third-order valence-electron chi connectivity index (χ3n) is 2.77. The van der Waals surface area contributed by atoms with Gasteiger partial charge in [-0.3, -0.25) is 4.79 Å². The molecule has 0 aromatic rings. The molecule has 2 N–H and O–H groups in total. The lowest BCUT2D eigenvalue weighted by molar-refractivity contribution is -0.121. The Morgan fingerprint density at radius 2 is 2.21 bits per heavy atom. The van der Waals surface area contributed by atoms with Crippen LogP contribution < -0.4 is 5.73 Å². The number of hydrogen-bond donors (Lipinski definition) is 1. The van der Waals surface area contributed by atoms with Crippen molar-refractivity contribution in [3.8, 4) is 0 Å². The van der Waals surface area contributed by atoms with E-state index >= 15 is 0 Å². The first-order valence-corrected chi connectivity index (χ1v) is 7.56. The van der Waals surface area contributed by atoms with Gasteiger partial charge in [-0.25, -0.2) is 0 Å². The minimum atomic E-state index is -0.509. The fourth-order valence-electron chi connectivity index (χ4n) is 2.05. The molecule has 1 amide bonds. The molecule has 1 aliphatic carbocycles. The zero-order valence-electron chi connectivity index (χ0n) is 9.08. The molecular weight excluding hydrogens is 190 g/mol. The Bertz CT molecular complexity index is 281. The van der Waals surface area contributed by atoms with E-state index in [4.69, 9.17) is 5.73 Å². The molecule has 2 atom stereocenters. The summed E-state index contributed by atoms with van der Waals surface area (Å²) in [7, 11) is -0.509. The predicted octanol–water partition coefficient (Wildman–Crippen LogP) is 2.12. The summed E-state index contributed by atoms with van der Waals surface area (Å²) in [6.07, 6.45) is 7.35. The summed E-state index contributed by atoms with van der Waals surface area (Å²) in [6, 6.07) is 0. The van der Waals surface area contributed by atoms with Crippen LogP contribution in [0, 0.1) is 5.92 Å². The number of allylic oxidation sites excluding steroid dienone is 4. The van der Waals surface area contributed by atoms with Gasteiger partial charge in [-0.05, 0) is 12.0 Å². The van der Waals surface area contributed by atoms with E-state index < -0.39 is 8.80 Å². The van der Waals surface area contributed by atoms with Crippen LogP contribution in [0.1, 0.15) is 13.3 Å². The van der Waals surface area contributed by atoms with Gasteiger partial charge in [0, 0.05) is 5.92 Å². The van der Waals surface area contributed by atoms with Crippen molar-refractivity contribution >= 4 is 14.7 Å². The average Bonchev–Trinajstić information content (AvgIpc) is 2.56. The Balaban J connectivity index is 2.79. The molecule has 1 radical (unpaired) electrons. The lowest BCUT2D eigenvalue weighted by Gasteiger charge is -2.25. The molecule has 0 aliphatic heterocycles. The van der Waals surface area contributed by atoms with E-state index in [0.29, 0.717) is 5.54 Å². The molecule has 0 aromatic carbocycles. The van der Waals surface area contributed by atoms with Gasteiger partial charge >= 0.3 is 0 Å². The highest BCUT2D eigenvalue weighted by molar-refractivity contribution is 6.58. The second-order valence-corrected chi connectivity index (χ2v) is 6.90. The van der Waals surface area contributed by atoms with Crippen LogP contribution in [-0.2, 0) is 4.79 Å². The lowest BCUT2D eigenvalue weighted by atomic mass is 9.99. The van der Waals surface area contributed by atoms with Gasteiger partial charge in [0.2, 0.25) is 5.91 Å². The summed E-state index contributed by atoms with van der Waals surface area (Å²) in [5.74, 6) is -0.195. The van der Waals surface area contributed by atoms with Gasteiger partial charge in [-0.2, -0.15) is 0 Å². The quantitative estimate of drug-likeness (QED) is 0.707. The molecule has 2 nitrogen and oxygen atoms in total. The number of carbonyl (C=O) groups is 1. The molecular formula is C11H18NOSi. The van der Waals surface area contributed by atoms with E-state index in [2.05, 4.69) is 31.3 Å². The Morgan fingerprint density at radius 1 is 1.57 bits per heavy atom. The summed E-state index contributed by atoms with van der Waals surface area (Å²) in [5.41, 5.74) is 7.15. The van der Waals surface area contributed by atoms with Crippen molar-refractivity contribution in [3.63, 3.8) is 0 Å². The molecule has 0 spiro atoms. The van der Waals surface area contributed by atoms with E-state index in [9.17, 15) is 4.79 Å². The van der Waals surface area contributed by atoms with Gasteiger partial charge in [0.25, 0.3) is 0 Å². The normalized spacial score (nSPS) is 19.6. The minimum absolute atomic E-state index is 0.0231. The fraction of sp³-hybridized carbons (Fsp3) is 0.545. The van der Waals surface area contributed by atoms with Crippen LogP contribution >= 0.6 is 0 Å². The second-order valence-electron chi connectivity index (χ2n) is 4.12. The molecule has 0 aromatic heterocycles. The number of hydrogen-bond acceptors (Lipinski definition) is 1. The highest BCUT2D eigenvalue weighted by Crippen LogP contribution is 2.34. The van der Waals surface area contributed by atoms with E-state index in [1.54, 1.807) is 0 Å². The van der Waals surface area contributed by atoms with Gasteiger partial charge in [-0.15, -0.1) is 0 Å². The van der Waals surface area contributed by atoms with Crippen molar-refractivity contribution in [2.45, 2.75) is 32.0 Å². The molecule has 14 heavy (non-hydrogen) atoms. The van der Waals surface area contributed by atoms with E-state index in [1.807, 2.05) is 6.92 Å². The standard InChI is InChI=1S/C11H18NOSi/c1-8(11(12)13)10(14(2)3)9-6-4-5-7-9/h4-6,8,10H,7H2,1-3H3,(H2,12,13). The smallest absolute Gasteiger partial charge is 0.220 e. The maximum atomic E-state index is 11.2. The van der Waals surface area contributed by atoms with E-state index in [0.717, 1.165) is 6.42 Å². The first kappa shape index (κ1) is 11.2. The Hall–Kier alpha value is -0.833. The second kappa shape index (κ2) is 4.60. The monoisotopic (exact) mass is 208 g/mol. The van der Waals surface area contributed by atoms with Crippen LogP contribution in [0.4, 0.5) is 0 Å². The predicted molar refractivity (Wildman–Crippen MR) is 61.4 cm³/mol. The van der Waals surface area contributed by atoms with Gasteiger partial charge in [-0.1, -0.05) is 43.8 Å². The highest BCUT2D eigenvalue weighted by Gasteiger charge is 2.28. The van der Waals surface area contributed by atoms with Crippen molar-refractivity contribution in [1.82, 2.24) is 0 Å². The van der Waals surface area contributed by atoms with Crippen molar-refractivity contribution in [1.29, 1.82) is 0 Å². The maximum absolute atomic E-state index is 11.2. The zero-order valence-corrected chi connectivity index (χ0v) is 10.1.